The van der Waals surface area contributed by atoms with Gasteiger partial charge in [0, 0.05) is 0 Å². The van der Waals surface area contributed by atoms with Crippen LogP contribution in [-0.4, -0.2) is 0 Å². The van der Waals surface area contributed by atoms with E-state index in [0.717, 1.165) is 11.8 Å². The third kappa shape index (κ3) is 2.21. The van der Waals surface area contributed by atoms with E-state index in [2.05, 4.69) is 32.4 Å². The standard InChI is InChI=1S/C9H15/c1-3-4-5-8(2)9-6-7-9/h4-6,8-9H,3,7H2,1-2H3. The molecule has 1 aliphatic carbocycles. The zero-order valence-electron chi connectivity index (χ0n) is 6.30. The highest BCUT2D eigenvalue weighted by atomic mass is 14.3. The fourth-order valence-electron chi connectivity index (χ4n) is 1.00. The van der Waals surface area contributed by atoms with Gasteiger partial charge in [0.1, 0.15) is 0 Å². The lowest BCUT2D eigenvalue weighted by atomic mass is 10.1. The second-order valence-electron chi connectivity index (χ2n) is 2.83. The van der Waals surface area contributed by atoms with Gasteiger partial charge in [0.05, 0.1) is 0 Å². The monoisotopic (exact) mass is 123 g/mol. The molecule has 0 amide bonds. The van der Waals surface area contributed by atoms with Gasteiger partial charge in [-0.15, -0.1) is 0 Å². The van der Waals surface area contributed by atoms with Crippen LogP contribution in [0, 0.1) is 18.3 Å². The number of rotatable bonds is 3. The average molecular weight is 123 g/mol. The molecule has 0 aliphatic heterocycles. The largest absolute Gasteiger partial charge is 0.0885 e. The summed E-state index contributed by atoms with van der Waals surface area (Å²) in [5.74, 6) is 1.71. The predicted octanol–water partition coefficient (Wildman–Crippen LogP) is 2.81. The van der Waals surface area contributed by atoms with Crippen molar-refractivity contribution >= 4 is 0 Å². The normalized spacial score (nSPS) is 22.9. The summed E-state index contributed by atoms with van der Waals surface area (Å²) in [6.45, 7) is 4.47. The van der Waals surface area contributed by atoms with Crippen LogP contribution in [0.25, 0.3) is 0 Å². The summed E-state index contributed by atoms with van der Waals surface area (Å²) in [6.07, 6.45) is 9.49. The van der Waals surface area contributed by atoms with Gasteiger partial charge in [-0.25, -0.2) is 0 Å². The van der Waals surface area contributed by atoms with Gasteiger partial charge >= 0.3 is 0 Å². The first-order valence-corrected chi connectivity index (χ1v) is 3.84. The lowest BCUT2D eigenvalue weighted by Crippen LogP contribution is -1.89. The summed E-state index contributed by atoms with van der Waals surface area (Å²) in [6, 6.07) is 0. The molecule has 0 aromatic heterocycles. The molecule has 1 aliphatic rings. The molecule has 0 heterocycles. The Morgan fingerprint density at radius 3 is 2.89 bits per heavy atom. The fraction of sp³-hybridized carbons (Fsp3) is 0.667. The Balaban J connectivity index is 2.16. The van der Waals surface area contributed by atoms with E-state index in [1.54, 1.807) is 0 Å². The molecule has 1 saturated carbocycles. The first-order chi connectivity index (χ1) is 4.34. The molecule has 1 rings (SSSR count). The van der Waals surface area contributed by atoms with Crippen LogP contribution in [0.1, 0.15) is 26.7 Å². The zero-order chi connectivity index (χ0) is 6.69. The van der Waals surface area contributed by atoms with Crippen LogP contribution in [-0.2, 0) is 0 Å². The van der Waals surface area contributed by atoms with Crippen LogP contribution in [0.3, 0.4) is 0 Å². The second-order valence-corrected chi connectivity index (χ2v) is 2.83. The third-order valence-electron chi connectivity index (χ3n) is 1.86. The summed E-state index contributed by atoms with van der Waals surface area (Å²) in [7, 11) is 0. The topological polar surface area (TPSA) is 0 Å². The Morgan fingerprint density at radius 1 is 1.78 bits per heavy atom. The molecule has 9 heavy (non-hydrogen) atoms. The molecule has 2 unspecified atom stereocenters. The maximum absolute atomic E-state index is 2.38. The van der Waals surface area contributed by atoms with Crippen molar-refractivity contribution < 1.29 is 0 Å². The van der Waals surface area contributed by atoms with Crippen molar-refractivity contribution in [3.8, 4) is 0 Å². The zero-order valence-corrected chi connectivity index (χ0v) is 6.30. The summed E-state index contributed by atoms with van der Waals surface area (Å²) in [4.78, 5) is 0. The van der Waals surface area contributed by atoms with Crippen molar-refractivity contribution in [2.45, 2.75) is 26.7 Å². The van der Waals surface area contributed by atoms with E-state index in [4.69, 9.17) is 0 Å². The molecule has 1 radical (unpaired) electrons. The highest BCUT2D eigenvalue weighted by Gasteiger charge is 2.25. The second kappa shape index (κ2) is 3.05. The van der Waals surface area contributed by atoms with Gasteiger partial charge in [-0.3, -0.25) is 0 Å². The van der Waals surface area contributed by atoms with E-state index < -0.39 is 0 Å². The van der Waals surface area contributed by atoms with E-state index in [1.165, 1.54) is 12.8 Å². The smallest absolute Gasteiger partial charge is 0.0231 e. The molecule has 0 spiro atoms. The summed E-state index contributed by atoms with van der Waals surface area (Å²) in [5, 5.41) is 0. The molecule has 0 aromatic carbocycles. The van der Waals surface area contributed by atoms with E-state index in [0.29, 0.717) is 0 Å². The Bertz CT molecular complexity index is 98.6. The molecule has 0 heteroatoms. The van der Waals surface area contributed by atoms with Crippen LogP contribution < -0.4 is 0 Å². The van der Waals surface area contributed by atoms with Gasteiger partial charge in [0.25, 0.3) is 0 Å². The molecule has 0 nitrogen and oxygen atoms in total. The van der Waals surface area contributed by atoms with Crippen molar-refractivity contribution in [1.82, 2.24) is 0 Å². The van der Waals surface area contributed by atoms with Crippen LogP contribution in [0.5, 0.6) is 0 Å². The van der Waals surface area contributed by atoms with Gasteiger partial charge in [-0.05, 0) is 31.1 Å². The third-order valence-corrected chi connectivity index (χ3v) is 1.86. The first kappa shape index (κ1) is 6.85. The van der Waals surface area contributed by atoms with E-state index >= 15 is 0 Å². The summed E-state index contributed by atoms with van der Waals surface area (Å²) >= 11 is 0. The molecule has 0 aromatic rings. The van der Waals surface area contributed by atoms with Gasteiger partial charge in [0.15, 0.2) is 0 Å². The predicted molar refractivity (Wildman–Crippen MR) is 41.0 cm³/mol. The number of allylic oxidation sites excluding steroid dienone is 2. The van der Waals surface area contributed by atoms with E-state index in [9.17, 15) is 0 Å². The van der Waals surface area contributed by atoms with Crippen molar-refractivity contribution in [1.29, 1.82) is 0 Å². The number of hydrogen-bond donors (Lipinski definition) is 0. The Kier molecular flexibility index (Phi) is 2.32. The molecule has 51 valence electrons. The van der Waals surface area contributed by atoms with Crippen molar-refractivity contribution in [2.24, 2.45) is 11.8 Å². The molecule has 1 fully saturated rings. The maximum atomic E-state index is 2.38. The van der Waals surface area contributed by atoms with E-state index in [1.807, 2.05) is 0 Å². The van der Waals surface area contributed by atoms with Crippen LogP contribution in [0.15, 0.2) is 12.2 Å². The first-order valence-electron chi connectivity index (χ1n) is 3.84. The van der Waals surface area contributed by atoms with Crippen LogP contribution in [0.2, 0.25) is 0 Å². The molecular weight excluding hydrogens is 108 g/mol. The Morgan fingerprint density at radius 2 is 2.44 bits per heavy atom. The van der Waals surface area contributed by atoms with Gasteiger partial charge in [-0.1, -0.05) is 26.0 Å². The van der Waals surface area contributed by atoms with Gasteiger partial charge < -0.3 is 0 Å². The van der Waals surface area contributed by atoms with E-state index in [-0.39, 0.29) is 0 Å². The van der Waals surface area contributed by atoms with Crippen molar-refractivity contribution in [3.63, 3.8) is 0 Å². The minimum atomic E-state index is 0.796. The SMILES string of the molecule is CCC=CC(C)C1[CH]C1. The average Bonchev–Trinajstić information content (AvgIpc) is 2.63. The van der Waals surface area contributed by atoms with Crippen LogP contribution >= 0.6 is 0 Å². The summed E-state index contributed by atoms with van der Waals surface area (Å²) < 4.78 is 0. The van der Waals surface area contributed by atoms with Crippen molar-refractivity contribution in [3.05, 3.63) is 18.6 Å². The molecular formula is C9H15. The highest BCUT2D eigenvalue weighted by molar-refractivity contribution is 5.04. The van der Waals surface area contributed by atoms with Crippen molar-refractivity contribution in [2.75, 3.05) is 0 Å². The highest BCUT2D eigenvalue weighted by Crippen LogP contribution is 2.35. The molecule has 0 N–H and O–H groups in total. The minimum absolute atomic E-state index is 0.796. The lowest BCUT2D eigenvalue weighted by Gasteiger charge is -1.99. The van der Waals surface area contributed by atoms with Crippen LogP contribution in [0.4, 0.5) is 0 Å². The molecule has 0 saturated heterocycles. The quantitative estimate of drug-likeness (QED) is 0.506. The lowest BCUT2D eigenvalue weighted by molar-refractivity contribution is 0.645. The molecule has 2 atom stereocenters. The minimum Gasteiger partial charge on any atom is -0.0885 e. The Hall–Kier alpha value is -0.260. The summed E-state index contributed by atoms with van der Waals surface area (Å²) in [5.41, 5.74) is 0. The maximum Gasteiger partial charge on any atom is -0.0231 e. The fourth-order valence-corrected chi connectivity index (χ4v) is 1.00. The Labute approximate surface area is 58.0 Å². The van der Waals surface area contributed by atoms with Gasteiger partial charge in [0.2, 0.25) is 0 Å². The number of hydrogen-bond acceptors (Lipinski definition) is 0. The van der Waals surface area contributed by atoms with Gasteiger partial charge in [-0.2, -0.15) is 0 Å². The molecule has 0 bridgehead atoms.